The first-order valence-electron chi connectivity index (χ1n) is 6.52. The number of rotatable bonds is 2. The van der Waals surface area contributed by atoms with Crippen molar-refractivity contribution in [2.24, 2.45) is 0 Å². The summed E-state index contributed by atoms with van der Waals surface area (Å²) in [7, 11) is 0. The fraction of sp³-hybridized carbons (Fsp3) is 0.533. The Morgan fingerprint density at radius 1 is 1.28 bits per heavy atom. The molecule has 1 heterocycles. The minimum Gasteiger partial charge on any atom is -0.314 e. The molecule has 0 aromatic heterocycles. The number of nitrogens with zero attached hydrogens (tertiary/aromatic N) is 2. The van der Waals surface area contributed by atoms with Crippen LogP contribution in [-0.4, -0.2) is 31.1 Å². The van der Waals surface area contributed by atoms with E-state index in [0.29, 0.717) is 0 Å². The van der Waals surface area contributed by atoms with E-state index in [0.717, 1.165) is 31.7 Å². The molecule has 1 aliphatic heterocycles. The van der Waals surface area contributed by atoms with Gasteiger partial charge >= 0.3 is 0 Å². The molecule has 0 saturated carbocycles. The van der Waals surface area contributed by atoms with Crippen molar-refractivity contribution in [1.29, 1.82) is 5.26 Å². The van der Waals surface area contributed by atoms with Gasteiger partial charge in [-0.15, -0.1) is 0 Å². The largest absolute Gasteiger partial charge is 0.314 e. The molecule has 1 atom stereocenters. The molecular weight excluding hydrogens is 222 g/mol. The monoisotopic (exact) mass is 243 g/mol. The van der Waals surface area contributed by atoms with Gasteiger partial charge in [-0.25, -0.2) is 0 Å². The quantitative estimate of drug-likeness (QED) is 0.863. The van der Waals surface area contributed by atoms with Crippen LogP contribution in [-0.2, 0) is 5.54 Å². The zero-order chi connectivity index (χ0) is 13.2. The standard InChI is InChI=1S/C15H21N3/c1-12-4-5-14(13(2)10-12)15(3,11-16)18-8-6-17-7-9-18/h4-5,10,17H,6-9H2,1-3H3. The molecule has 0 amide bonds. The Kier molecular flexibility index (Phi) is 3.70. The second-order valence-corrected chi connectivity index (χ2v) is 5.24. The van der Waals surface area contributed by atoms with Crippen LogP contribution in [0.25, 0.3) is 0 Å². The van der Waals surface area contributed by atoms with E-state index in [1.165, 1.54) is 11.1 Å². The second kappa shape index (κ2) is 5.09. The van der Waals surface area contributed by atoms with Crippen LogP contribution >= 0.6 is 0 Å². The van der Waals surface area contributed by atoms with E-state index in [1.807, 2.05) is 6.92 Å². The summed E-state index contributed by atoms with van der Waals surface area (Å²) in [5.74, 6) is 0. The Bertz CT molecular complexity index is 469. The van der Waals surface area contributed by atoms with Crippen molar-refractivity contribution in [3.8, 4) is 6.07 Å². The predicted molar refractivity (Wildman–Crippen MR) is 73.3 cm³/mol. The maximum atomic E-state index is 9.67. The van der Waals surface area contributed by atoms with Gasteiger partial charge in [-0.1, -0.05) is 23.8 Å². The third-order valence-corrected chi connectivity index (χ3v) is 3.87. The summed E-state index contributed by atoms with van der Waals surface area (Å²) in [6, 6.07) is 8.89. The smallest absolute Gasteiger partial charge is 0.132 e. The molecule has 0 radical (unpaired) electrons. The van der Waals surface area contributed by atoms with Crippen LogP contribution in [0.4, 0.5) is 0 Å². The molecule has 2 rings (SSSR count). The van der Waals surface area contributed by atoms with E-state index in [-0.39, 0.29) is 0 Å². The summed E-state index contributed by atoms with van der Waals surface area (Å²) in [6.07, 6.45) is 0. The van der Waals surface area contributed by atoms with Crippen molar-refractivity contribution >= 4 is 0 Å². The van der Waals surface area contributed by atoms with Gasteiger partial charge in [0, 0.05) is 26.2 Å². The highest BCUT2D eigenvalue weighted by molar-refractivity contribution is 5.39. The average Bonchev–Trinajstić information content (AvgIpc) is 2.39. The molecule has 1 fully saturated rings. The van der Waals surface area contributed by atoms with E-state index in [2.05, 4.69) is 48.3 Å². The fourth-order valence-electron chi connectivity index (χ4n) is 2.77. The second-order valence-electron chi connectivity index (χ2n) is 5.24. The molecule has 0 bridgehead atoms. The molecule has 18 heavy (non-hydrogen) atoms. The van der Waals surface area contributed by atoms with E-state index >= 15 is 0 Å². The molecule has 1 aliphatic rings. The van der Waals surface area contributed by atoms with Crippen molar-refractivity contribution in [3.63, 3.8) is 0 Å². The predicted octanol–water partition coefficient (Wildman–Crippen LogP) is 1.95. The van der Waals surface area contributed by atoms with Gasteiger partial charge in [0.05, 0.1) is 6.07 Å². The fourth-order valence-corrected chi connectivity index (χ4v) is 2.77. The van der Waals surface area contributed by atoms with Crippen LogP contribution in [0.3, 0.4) is 0 Å². The molecule has 1 aromatic carbocycles. The van der Waals surface area contributed by atoms with E-state index < -0.39 is 5.54 Å². The lowest BCUT2D eigenvalue weighted by molar-refractivity contribution is 0.132. The first-order chi connectivity index (χ1) is 8.58. The normalized spacial score (nSPS) is 20.1. The van der Waals surface area contributed by atoms with E-state index in [1.54, 1.807) is 0 Å². The summed E-state index contributed by atoms with van der Waals surface area (Å²) in [6.45, 7) is 10.0. The van der Waals surface area contributed by atoms with Gasteiger partial charge in [0.2, 0.25) is 0 Å². The van der Waals surface area contributed by atoms with Crippen LogP contribution in [0, 0.1) is 25.2 Å². The van der Waals surface area contributed by atoms with Crippen LogP contribution in [0.15, 0.2) is 18.2 Å². The summed E-state index contributed by atoms with van der Waals surface area (Å²) < 4.78 is 0. The molecule has 1 aromatic rings. The number of hydrogen-bond acceptors (Lipinski definition) is 3. The first-order valence-corrected chi connectivity index (χ1v) is 6.52. The van der Waals surface area contributed by atoms with Gasteiger partial charge in [0.25, 0.3) is 0 Å². The highest BCUT2D eigenvalue weighted by Crippen LogP contribution is 2.30. The van der Waals surface area contributed by atoms with Gasteiger partial charge in [0.15, 0.2) is 0 Å². The maximum absolute atomic E-state index is 9.67. The number of hydrogen-bond donors (Lipinski definition) is 1. The van der Waals surface area contributed by atoms with Gasteiger partial charge in [-0.05, 0) is 31.9 Å². The molecule has 1 unspecified atom stereocenters. The van der Waals surface area contributed by atoms with Crippen LogP contribution in [0.2, 0.25) is 0 Å². The van der Waals surface area contributed by atoms with Gasteiger partial charge in [0.1, 0.15) is 5.54 Å². The first kappa shape index (κ1) is 13.1. The van der Waals surface area contributed by atoms with Gasteiger partial charge in [-0.2, -0.15) is 5.26 Å². The summed E-state index contributed by atoms with van der Waals surface area (Å²) in [4.78, 5) is 2.28. The molecule has 1 saturated heterocycles. The number of benzene rings is 1. The SMILES string of the molecule is Cc1ccc(C(C)(C#N)N2CCNCC2)c(C)c1. The Labute approximate surface area is 109 Å². The van der Waals surface area contributed by atoms with Crippen molar-refractivity contribution < 1.29 is 0 Å². The Hall–Kier alpha value is -1.37. The van der Waals surface area contributed by atoms with Crippen LogP contribution in [0.1, 0.15) is 23.6 Å². The Morgan fingerprint density at radius 3 is 2.50 bits per heavy atom. The molecule has 3 heteroatoms. The molecule has 0 spiro atoms. The minimum atomic E-state index is -0.514. The van der Waals surface area contributed by atoms with Crippen LogP contribution < -0.4 is 5.32 Å². The lowest BCUT2D eigenvalue weighted by Crippen LogP contribution is -2.52. The van der Waals surface area contributed by atoms with E-state index in [9.17, 15) is 5.26 Å². The molecule has 1 N–H and O–H groups in total. The zero-order valence-electron chi connectivity index (χ0n) is 11.5. The van der Waals surface area contributed by atoms with Gasteiger partial charge < -0.3 is 5.32 Å². The highest BCUT2D eigenvalue weighted by atomic mass is 15.2. The molecule has 3 nitrogen and oxygen atoms in total. The minimum absolute atomic E-state index is 0.514. The third-order valence-electron chi connectivity index (χ3n) is 3.87. The van der Waals surface area contributed by atoms with Crippen LogP contribution in [0.5, 0.6) is 0 Å². The summed E-state index contributed by atoms with van der Waals surface area (Å²) >= 11 is 0. The zero-order valence-corrected chi connectivity index (χ0v) is 11.5. The Balaban J connectivity index is 2.39. The highest BCUT2D eigenvalue weighted by Gasteiger charge is 2.35. The third kappa shape index (κ3) is 2.27. The lowest BCUT2D eigenvalue weighted by Gasteiger charge is -2.39. The van der Waals surface area contributed by atoms with Crippen molar-refractivity contribution in [1.82, 2.24) is 10.2 Å². The number of piperazine rings is 1. The van der Waals surface area contributed by atoms with E-state index in [4.69, 9.17) is 0 Å². The maximum Gasteiger partial charge on any atom is 0.132 e. The summed E-state index contributed by atoms with van der Waals surface area (Å²) in [5, 5.41) is 13.0. The van der Waals surface area contributed by atoms with Crippen molar-refractivity contribution in [2.75, 3.05) is 26.2 Å². The molecular formula is C15H21N3. The average molecular weight is 243 g/mol. The molecule has 0 aliphatic carbocycles. The Morgan fingerprint density at radius 2 is 1.94 bits per heavy atom. The number of nitriles is 1. The molecule has 96 valence electrons. The van der Waals surface area contributed by atoms with Crippen molar-refractivity contribution in [3.05, 3.63) is 34.9 Å². The van der Waals surface area contributed by atoms with Crippen molar-refractivity contribution in [2.45, 2.75) is 26.3 Å². The lowest BCUT2D eigenvalue weighted by atomic mass is 9.87. The topological polar surface area (TPSA) is 39.1 Å². The number of nitrogens with one attached hydrogen (secondary N) is 1. The number of aryl methyl sites for hydroxylation is 2. The van der Waals surface area contributed by atoms with Gasteiger partial charge in [-0.3, -0.25) is 4.90 Å². The summed E-state index contributed by atoms with van der Waals surface area (Å²) in [5.41, 5.74) is 3.08.